The highest BCUT2D eigenvalue weighted by atomic mass is 16.5. The van der Waals surface area contributed by atoms with Crippen LogP contribution in [0.1, 0.15) is 39.5 Å². The van der Waals surface area contributed by atoms with Crippen LogP contribution in [0, 0.1) is 17.8 Å². The predicted molar refractivity (Wildman–Crippen MR) is 80.4 cm³/mol. The van der Waals surface area contributed by atoms with Crippen LogP contribution in [0.4, 0.5) is 0 Å². The smallest absolute Gasteiger partial charge is 0.0469 e. The molecule has 0 unspecified atom stereocenters. The van der Waals surface area contributed by atoms with Gasteiger partial charge in [-0.25, -0.2) is 0 Å². The summed E-state index contributed by atoms with van der Waals surface area (Å²) in [5.74, 6) is 2.57. The molecule has 112 valence electrons. The normalized spacial score (nSPS) is 24.2. The van der Waals surface area contributed by atoms with E-state index < -0.39 is 0 Å². The number of rotatable bonds is 6. The summed E-state index contributed by atoms with van der Waals surface area (Å²) < 4.78 is 5.44. The van der Waals surface area contributed by atoms with Crippen LogP contribution in [-0.2, 0) is 4.74 Å². The number of nitrogens with one attached hydrogen (secondary N) is 1. The minimum Gasteiger partial charge on any atom is -0.381 e. The molecule has 3 nitrogen and oxygen atoms in total. The molecule has 2 aliphatic heterocycles. The van der Waals surface area contributed by atoms with Crippen LogP contribution >= 0.6 is 0 Å². The summed E-state index contributed by atoms with van der Waals surface area (Å²) in [7, 11) is 0. The van der Waals surface area contributed by atoms with Gasteiger partial charge in [0.25, 0.3) is 0 Å². The van der Waals surface area contributed by atoms with Crippen LogP contribution in [-0.4, -0.2) is 50.8 Å². The fraction of sp³-hybridized carbons (Fsp3) is 1.00. The SMILES string of the molecule is CC(C)CNCC1CCN(CC2CCOCC2)CC1. The molecular formula is C16H32N2O. The zero-order valence-corrected chi connectivity index (χ0v) is 12.9. The summed E-state index contributed by atoms with van der Waals surface area (Å²) in [4.78, 5) is 2.69. The minimum absolute atomic E-state index is 0.772. The Labute approximate surface area is 119 Å². The molecule has 0 aromatic rings. The highest BCUT2D eigenvalue weighted by molar-refractivity contribution is 4.77. The van der Waals surface area contributed by atoms with Gasteiger partial charge in [0, 0.05) is 19.8 Å². The van der Waals surface area contributed by atoms with E-state index in [4.69, 9.17) is 4.74 Å². The number of hydrogen-bond acceptors (Lipinski definition) is 3. The molecule has 2 saturated heterocycles. The van der Waals surface area contributed by atoms with Crippen molar-refractivity contribution in [1.29, 1.82) is 0 Å². The Bertz CT molecular complexity index is 231. The predicted octanol–water partition coefficient (Wildman–Crippen LogP) is 2.37. The summed E-state index contributed by atoms with van der Waals surface area (Å²) in [5.41, 5.74) is 0. The van der Waals surface area contributed by atoms with Crippen LogP contribution in [0.25, 0.3) is 0 Å². The maximum absolute atomic E-state index is 5.44. The summed E-state index contributed by atoms with van der Waals surface area (Å²) in [6.45, 7) is 12.9. The quantitative estimate of drug-likeness (QED) is 0.800. The Morgan fingerprint density at radius 3 is 2.37 bits per heavy atom. The van der Waals surface area contributed by atoms with E-state index in [9.17, 15) is 0 Å². The molecule has 0 aromatic heterocycles. The Balaban J connectivity index is 1.56. The Morgan fingerprint density at radius 2 is 1.74 bits per heavy atom. The van der Waals surface area contributed by atoms with Gasteiger partial charge in [0.05, 0.1) is 0 Å². The molecule has 0 aromatic carbocycles. The third-order valence-corrected chi connectivity index (χ3v) is 4.55. The third kappa shape index (κ3) is 5.80. The lowest BCUT2D eigenvalue weighted by molar-refractivity contribution is 0.0468. The van der Waals surface area contributed by atoms with Crippen molar-refractivity contribution in [2.24, 2.45) is 17.8 Å². The standard InChI is InChI=1S/C16H32N2O/c1-14(2)11-17-12-15-3-7-18(8-4-15)13-16-5-9-19-10-6-16/h14-17H,3-13H2,1-2H3. The van der Waals surface area contributed by atoms with Gasteiger partial charge in [-0.05, 0) is 69.6 Å². The fourth-order valence-corrected chi connectivity index (χ4v) is 3.24. The molecule has 0 radical (unpaired) electrons. The van der Waals surface area contributed by atoms with Gasteiger partial charge in [0.15, 0.2) is 0 Å². The van der Waals surface area contributed by atoms with Crippen molar-refractivity contribution in [3.8, 4) is 0 Å². The van der Waals surface area contributed by atoms with Gasteiger partial charge < -0.3 is 15.0 Å². The summed E-state index contributed by atoms with van der Waals surface area (Å²) in [6, 6.07) is 0. The Morgan fingerprint density at radius 1 is 1.05 bits per heavy atom. The van der Waals surface area contributed by atoms with E-state index in [1.165, 1.54) is 58.4 Å². The average molecular weight is 268 g/mol. The highest BCUT2D eigenvalue weighted by Crippen LogP contribution is 2.21. The zero-order chi connectivity index (χ0) is 13.5. The summed E-state index contributed by atoms with van der Waals surface area (Å²) in [6.07, 6.45) is 5.31. The molecule has 0 bridgehead atoms. The second kappa shape index (κ2) is 8.23. The first-order valence-corrected chi connectivity index (χ1v) is 8.25. The highest BCUT2D eigenvalue weighted by Gasteiger charge is 2.22. The van der Waals surface area contributed by atoms with Gasteiger partial charge in [0.2, 0.25) is 0 Å². The molecule has 0 saturated carbocycles. The van der Waals surface area contributed by atoms with Crippen LogP contribution in [0.15, 0.2) is 0 Å². The van der Waals surface area contributed by atoms with Gasteiger partial charge >= 0.3 is 0 Å². The lowest BCUT2D eigenvalue weighted by Gasteiger charge is -2.35. The van der Waals surface area contributed by atoms with Crippen molar-refractivity contribution in [1.82, 2.24) is 10.2 Å². The van der Waals surface area contributed by atoms with E-state index in [0.717, 1.165) is 31.0 Å². The summed E-state index contributed by atoms with van der Waals surface area (Å²) in [5, 5.41) is 3.62. The molecule has 0 amide bonds. The molecule has 19 heavy (non-hydrogen) atoms. The van der Waals surface area contributed by atoms with Crippen LogP contribution in [0.3, 0.4) is 0 Å². The maximum Gasteiger partial charge on any atom is 0.0469 e. The van der Waals surface area contributed by atoms with Gasteiger partial charge in [-0.3, -0.25) is 0 Å². The topological polar surface area (TPSA) is 24.5 Å². The third-order valence-electron chi connectivity index (χ3n) is 4.55. The molecule has 2 heterocycles. The number of ether oxygens (including phenoxy) is 1. The zero-order valence-electron chi connectivity index (χ0n) is 12.9. The molecule has 2 aliphatic rings. The monoisotopic (exact) mass is 268 g/mol. The van der Waals surface area contributed by atoms with Crippen LogP contribution in [0.5, 0.6) is 0 Å². The lowest BCUT2D eigenvalue weighted by atomic mass is 9.94. The van der Waals surface area contributed by atoms with Crippen molar-refractivity contribution in [3.63, 3.8) is 0 Å². The van der Waals surface area contributed by atoms with Crippen molar-refractivity contribution in [2.45, 2.75) is 39.5 Å². The number of nitrogens with zero attached hydrogens (tertiary/aromatic N) is 1. The molecule has 2 rings (SSSR count). The van der Waals surface area contributed by atoms with E-state index in [1.807, 2.05) is 0 Å². The van der Waals surface area contributed by atoms with Crippen molar-refractivity contribution in [2.75, 3.05) is 45.9 Å². The average Bonchev–Trinajstić information content (AvgIpc) is 2.42. The molecule has 0 aliphatic carbocycles. The molecule has 2 fully saturated rings. The largest absolute Gasteiger partial charge is 0.381 e. The number of likely N-dealkylation sites (tertiary alicyclic amines) is 1. The number of hydrogen-bond donors (Lipinski definition) is 1. The maximum atomic E-state index is 5.44. The fourth-order valence-electron chi connectivity index (χ4n) is 3.24. The number of piperidine rings is 1. The minimum atomic E-state index is 0.772. The van der Waals surface area contributed by atoms with Crippen molar-refractivity contribution in [3.05, 3.63) is 0 Å². The van der Waals surface area contributed by atoms with Crippen molar-refractivity contribution < 1.29 is 4.74 Å². The molecule has 3 heteroatoms. The van der Waals surface area contributed by atoms with Gasteiger partial charge in [-0.1, -0.05) is 13.8 Å². The molecule has 1 N–H and O–H groups in total. The van der Waals surface area contributed by atoms with E-state index in [-0.39, 0.29) is 0 Å². The first kappa shape index (κ1) is 15.3. The van der Waals surface area contributed by atoms with Gasteiger partial charge in [-0.2, -0.15) is 0 Å². The van der Waals surface area contributed by atoms with Crippen molar-refractivity contribution >= 4 is 0 Å². The molecule has 0 spiro atoms. The second-order valence-electron chi connectivity index (χ2n) is 6.85. The van der Waals surface area contributed by atoms with E-state index in [2.05, 4.69) is 24.1 Å². The Hall–Kier alpha value is -0.120. The van der Waals surface area contributed by atoms with Gasteiger partial charge in [0.1, 0.15) is 0 Å². The van der Waals surface area contributed by atoms with Crippen LogP contribution < -0.4 is 5.32 Å². The summed E-state index contributed by atoms with van der Waals surface area (Å²) >= 11 is 0. The molecular weight excluding hydrogens is 236 g/mol. The Kier molecular flexibility index (Phi) is 6.62. The lowest BCUT2D eigenvalue weighted by Crippen LogP contribution is -2.40. The first-order chi connectivity index (χ1) is 9.24. The second-order valence-corrected chi connectivity index (χ2v) is 6.85. The van der Waals surface area contributed by atoms with Crippen LogP contribution in [0.2, 0.25) is 0 Å². The van der Waals surface area contributed by atoms with E-state index >= 15 is 0 Å². The van der Waals surface area contributed by atoms with E-state index in [0.29, 0.717) is 0 Å². The van der Waals surface area contributed by atoms with E-state index in [1.54, 1.807) is 0 Å². The molecule has 0 atom stereocenters. The first-order valence-electron chi connectivity index (χ1n) is 8.25. The van der Waals surface area contributed by atoms with Gasteiger partial charge in [-0.15, -0.1) is 0 Å².